The predicted molar refractivity (Wildman–Crippen MR) is 66.6 cm³/mol. The van der Waals surface area contributed by atoms with Crippen LogP contribution in [0.4, 0.5) is 0 Å². The van der Waals surface area contributed by atoms with Crippen molar-refractivity contribution in [2.45, 2.75) is 31.0 Å². The Bertz CT molecular complexity index is 554. The van der Waals surface area contributed by atoms with Crippen LogP contribution < -0.4 is 11.2 Å². The van der Waals surface area contributed by atoms with Crippen molar-refractivity contribution >= 4 is 9.24 Å². The van der Waals surface area contributed by atoms with Crippen molar-refractivity contribution in [3.63, 3.8) is 0 Å². The molecule has 1 aliphatic heterocycles. The number of nitrogens with zero attached hydrogens (tertiary/aromatic N) is 1. The first-order chi connectivity index (χ1) is 8.45. The first-order valence-corrected chi connectivity index (χ1v) is 6.14. The summed E-state index contributed by atoms with van der Waals surface area (Å²) < 4.78 is 6.63. The summed E-state index contributed by atoms with van der Waals surface area (Å²) in [4.78, 5) is 25.1. The molecule has 7 nitrogen and oxygen atoms in total. The average molecular weight is 274 g/mol. The smallest absolute Gasteiger partial charge is 0.330 e. The molecule has 0 radical (unpaired) electrons. The van der Waals surface area contributed by atoms with E-state index in [4.69, 9.17) is 9.84 Å². The Labute approximate surface area is 105 Å². The molecular weight excluding hydrogens is 259 g/mol. The molecule has 1 aliphatic rings. The third-order valence-electron chi connectivity index (χ3n) is 3.02. The molecular formula is C10H15N2O5P. The van der Waals surface area contributed by atoms with E-state index in [0.717, 1.165) is 0 Å². The molecule has 0 amide bonds. The van der Waals surface area contributed by atoms with Gasteiger partial charge < -0.3 is 14.9 Å². The number of rotatable bonds is 2. The molecule has 0 aromatic carbocycles. The molecule has 0 aliphatic carbocycles. The van der Waals surface area contributed by atoms with Gasteiger partial charge in [-0.1, -0.05) is 0 Å². The number of ether oxygens (including phenoxy) is 1. The van der Waals surface area contributed by atoms with Gasteiger partial charge in [0.15, 0.2) is 0 Å². The van der Waals surface area contributed by atoms with E-state index in [-0.39, 0.29) is 6.61 Å². The van der Waals surface area contributed by atoms with Crippen molar-refractivity contribution in [1.82, 2.24) is 9.55 Å². The van der Waals surface area contributed by atoms with Gasteiger partial charge in [0, 0.05) is 17.4 Å². The summed E-state index contributed by atoms with van der Waals surface area (Å²) in [5.41, 5.74) is -1.12. The van der Waals surface area contributed by atoms with E-state index < -0.39 is 35.3 Å². The van der Waals surface area contributed by atoms with Crippen LogP contribution in [0.2, 0.25) is 0 Å². The largest absolute Gasteiger partial charge is 0.394 e. The van der Waals surface area contributed by atoms with E-state index in [0.29, 0.717) is 5.56 Å². The third kappa shape index (κ3) is 2.14. The van der Waals surface area contributed by atoms with Crippen LogP contribution in [0.5, 0.6) is 0 Å². The van der Waals surface area contributed by atoms with Gasteiger partial charge in [-0.05, 0) is 6.92 Å². The van der Waals surface area contributed by atoms with Crippen molar-refractivity contribution in [3.05, 3.63) is 32.6 Å². The maximum absolute atomic E-state index is 11.7. The molecule has 1 aromatic rings. The van der Waals surface area contributed by atoms with Gasteiger partial charge in [-0.3, -0.25) is 14.3 Å². The molecule has 0 bridgehead atoms. The number of H-pyrrole nitrogens is 1. The van der Waals surface area contributed by atoms with Crippen LogP contribution in [0, 0.1) is 6.92 Å². The average Bonchev–Trinajstić information content (AvgIpc) is 2.61. The predicted octanol–water partition coefficient (Wildman–Crippen LogP) is -1.66. The van der Waals surface area contributed by atoms with Gasteiger partial charge in [-0.25, -0.2) is 4.79 Å². The molecule has 2 heterocycles. The summed E-state index contributed by atoms with van der Waals surface area (Å²) in [6.07, 6.45) is -0.971. The standard InChI is InChI=1S/C10H15N2O5P/c1-4-2-12(10(16)11-8(4)15)9-7(18)6(14)5(3-13)17-9/h2,5-7,9,13-14H,3,18H2,1H3,(H,11,15,16). The first kappa shape index (κ1) is 13.4. The van der Waals surface area contributed by atoms with E-state index in [1.54, 1.807) is 6.92 Å². The highest BCUT2D eigenvalue weighted by Gasteiger charge is 2.42. The number of aryl methyl sites for hydroxylation is 1. The lowest BCUT2D eigenvalue weighted by Crippen LogP contribution is -2.36. The monoisotopic (exact) mass is 274 g/mol. The highest BCUT2D eigenvalue weighted by Crippen LogP contribution is 2.33. The molecule has 0 saturated carbocycles. The Kier molecular flexibility index (Phi) is 3.68. The fraction of sp³-hybridized carbons (Fsp3) is 0.600. The lowest BCUT2D eigenvalue weighted by molar-refractivity contribution is -0.0457. The van der Waals surface area contributed by atoms with Crippen LogP contribution in [0.1, 0.15) is 11.8 Å². The fourth-order valence-electron chi connectivity index (χ4n) is 1.94. The van der Waals surface area contributed by atoms with Crippen LogP contribution in [0.25, 0.3) is 0 Å². The van der Waals surface area contributed by atoms with E-state index in [1.165, 1.54) is 10.8 Å². The van der Waals surface area contributed by atoms with Gasteiger partial charge in [0.1, 0.15) is 12.3 Å². The highest BCUT2D eigenvalue weighted by molar-refractivity contribution is 7.17. The van der Waals surface area contributed by atoms with Gasteiger partial charge in [-0.15, -0.1) is 9.24 Å². The third-order valence-corrected chi connectivity index (χ3v) is 3.74. The topological polar surface area (TPSA) is 105 Å². The zero-order chi connectivity index (χ0) is 13.4. The Morgan fingerprint density at radius 3 is 2.78 bits per heavy atom. The minimum Gasteiger partial charge on any atom is -0.394 e. The van der Waals surface area contributed by atoms with Gasteiger partial charge >= 0.3 is 5.69 Å². The zero-order valence-corrected chi connectivity index (χ0v) is 10.9. The second-order valence-electron chi connectivity index (χ2n) is 4.29. The summed E-state index contributed by atoms with van der Waals surface area (Å²) in [6.45, 7) is 1.24. The minimum atomic E-state index is -0.885. The molecule has 3 N–H and O–H groups in total. The summed E-state index contributed by atoms with van der Waals surface area (Å²) in [5, 5.41) is 18.9. The lowest BCUT2D eigenvalue weighted by atomic mass is 10.2. The van der Waals surface area contributed by atoms with Crippen LogP contribution in [-0.4, -0.2) is 44.2 Å². The van der Waals surface area contributed by atoms with Crippen molar-refractivity contribution in [3.8, 4) is 0 Å². The van der Waals surface area contributed by atoms with E-state index >= 15 is 0 Å². The van der Waals surface area contributed by atoms with Gasteiger partial charge in [0.25, 0.3) is 5.56 Å². The molecule has 8 heteroatoms. The molecule has 1 saturated heterocycles. The molecule has 2 rings (SSSR count). The number of aromatic nitrogens is 2. The number of nitrogens with one attached hydrogen (secondary N) is 1. The maximum Gasteiger partial charge on any atom is 0.330 e. The Hall–Kier alpha value is -1.01. The van der Waals surface area contributed by atoms with Gasteiger partial charge in [-0.2, -0.15) is 0 Å². The quantitative estimate of drug-likeness (QED) is 0.560. The Morgan fingerprint density at radius 2 is 2.22 bits per heavy atom. The first-order valence-electron chi connectivity index (χ1n) is 5.47. The van der Waals surface area contributed by atoms with Crippen molar-refractivity contribution in [2.75, 3.05) is 6.61 Å². The molecule has 100 valence electrons. The van der Waals surface area contributed by atoms with Crippen molar-refractivity contribution < 1.29 is 14.9 Å². The molecule has 18 heavy (non-hydrogen) atoms. The summed E-state index contributed by atoms with van der Waals surface area (Å²) >= 11 is 0. The highest BCUT2D eigenvalue weighted by atomic mass is 31.0. The number of aromatic amines is 1. The lowest BCUT2D eigenvalue weighted by Gasteiger charge is -2.18. The molecule has 0 spiro atoms. The molecule has 5 atom stereocenters. The van der Waals surface area contributed by atoms with Crippen LogP contribution >= 0.6 is 9.24 Å². The number of hydrogen-bond acceptors (Lipinski definition) is 5. The summed E-state index contributed by atoms with van der Waals surface area (Å²) in [5.74, 6) is 0. The number of hydrogen-bond donors (Lipinski definition) is 3. The molecule has 1 aromatic heterocycles. The second-order valence-corrected chi connectivity index (χ2v) is 5.06. The van der Waals surface area contributed by atoms with E-state index in [1.807, 2.05) is 0 Å². The molecule has 1 fully saturated rings. The SMILES string of the molecule is Cc1cn(C2OC(CO)C(O)C2P)c(=O)[nH]c1=O. The number of aliphatic hydroxyl groups excluding tert-OH is 2. The van der Waals surface area contributed by atoms with Crippen LogP contribution in [0.3, 0.4) is 0 Å². The minimum absolute atomic E-state index is 0.334. The van der Waals surface area contributed by atoms with Crippen LogP contribution in [-0.2, 0) is 4.74 Å². The van der Waals surface area contributed by atoms with Crippen molar-refractivity contribution in [2.24, 2.45) is 0 Å². The summed E-state index contributed by atoms with van der Waals surface area (Å²) in [6, 6.07) is 0. The Balaban J connectivity index is 2.42. The Morgan fingerprint density at radius 1 is 1.56 bits per heavy atom. The van der Waals surface area contributed by atoms with Gasteiger partial charge in [0.05, 0.1) is 12.7 Å². The summed E-state index contributed by atoms with van der Waals surface area (Å²) in [7, 11) is 2.39. The fourth-order valence-corrected chi connectivity index (χ4v) is 2.47. The maximum atomic E-state index is 11.7. The van der Waals surface area contributed by atoms with E-state index in [2.05, 4.69) is 14.2 Å². The van der Waals surface area contributed by atoms with Gasteiger partial charge in [0.2, 0.25) is 0 Å². The number of aliphatic hydroxyl groups is 2. The zero-order valence-electron chi connectivity index (χ0n) is 9.74. The van der Waals surface area contributed by atoms with Crippen LogP contribution in [0.15, 0.2) is 15.8 Å². The second kappa shape index (κ2) is 4.93. The molecule has 5 unspecified atom stereocenters. The normalized spacial score (nSPS) is 31.8. The van der Waals surface area contributed by atoms with E-state index in [9.17, 15) is 14.7 Å². The van der Waals surface area contributed by atoms with Crippen molar-refractivity contribution in [1.29, 1.82) is 0 Å².